The average Bonchev–Trinajstić information content (AvgIpc) is 3.20. The van der Waals surface area contributed by atoms with Gasteiger partial charge in [0.25, 0.3) is 5.91 Å². The molecule has 0 aliphatic carbocycles. The van der Waals surface area contributed by atoms with Crippen LogP contribution in [0.2, 0.25) is 0 Å². The molecule has 1 heterocycles. The zero-order valence-corrected chi connectivity index (χ0v) is 20.0. The third-order valence-corrected chi connectivity index (χ3v) is 5.74. The topological polar surface area (TPSA) is 110 Å². The van der Waals surface area contributed by atoms with Crippen molar-refractivity contribution in [2.45, 2.75) is 19.0 Å². The van der Waals surface area contributed by atoms with E-state index in [1.54, 1.807) is 18.2 Å². The van der Waals surface area contributed by atoms with Gasteiger partial charge in [0.05, 0.1) is 36.3 Å². The van der Waals surface area contributed by atoms with Gasteiger partial charge in [0.2, 0.25) is 0 Å². The van der Waals surface area contributed by atoms with Crippen molar-refractivity contribution in [2.75, 3.05) is 20.8 Å². The van der Waals surface area contributed by atoms with Gasteiger partial charge in [-0.3, -0.25) is 9.59 Å². The molecule has 0 spiro atoms. The first-order chi connectivity index (χ1) is 17.1. The maximum absolute atomic E-state index is 13.5. The van der Waals surface area contributed by atoms with Crippen LogP contribution in [-0.4, -0.2) is 37.8 Å². The number of benzene rings is 2. The Morgan fingerprint density at radius 2 is 1.92 bits per heavy atom. The molecule has 1 aliphatic heterocycles. The summed E-state index contributed by atoms with van der Waals surface area (Å²) < 4.78 is 55.7. The molecule has 0 unspecified atom stereocenters. The average molecular weight is 520 g/mol. The molecule has 3 rings (SSSR count). The van der Waals surface area contributed by atoms with Crippen LogP contribution in [0.25, 0.3) is 6.08 Å². The van der Waals surface area contributed by atoms with Gasteiger partial charge in [-0.05, 0) is 60.2 Å². The number of esters is 1. The Bertz CT molecular complexity index is 1270. The summed E-state index contributed by atoms with van der Waals surface area (Å²) in [5.41, 5.74) is -0.707. The Hall–Kier alpha value is -3.98. The number of ether oxygens (including phenoxy) is 3. The number of carbonyl (C=O) groups is 2. The largest absolute Gasteiger partial charge is 0.493 e. The van der Waals surface area contributed by atoms with Gasteiger partial charge in [-0.25, -0.2) is 0 Å². The monoisotopic (exact) mass is 519 g/mol. The second-order valence-electron chi connectivity index (χ2n) is 7.27. The lowest BCUT2D eigenvalue weighted by atomic mass is 10.1. The van der Waals surface area contributed by atoms with Crippen LogP contribution in [-0.2, 0) is 20.5 Å². The van der Waals surface area contributed by atoms with Gasteiger partial charge >= 0.3 is 12.1 Å². The maximum Gasteiger partial charge on any atom is 0.420 e. The van der Waals surface area contributed by atoms with Gasteiger partial charge in [-0.15, -0.1) is 0 Å². The predicted molar refractivity (Wildman–Crippen MR) is 126 cm³/mol. The number of nitrogens with zero attached hydrogens (tertiary/aromatic N) is 2. The number of halogens is 3. The van der Waals surface area contributed by atoms with E-state index >= 15 is 0 Å². The normalized spacial score (nSPS) is 14.3. The summed E-state index contributed by atoms with van der Waals surface area (Å²) in [7, 11) is 2.64. The summed E-state index contributed by atoms with van der Waals surface area (Å²) in [5.74, 6) is -1.11. The van der Waals surface area contributed by atoms with E-state index in [0.717, 1.165) is 17.8 Å². The van der Waals surface area contributed by atoms with Gasteiger partial charge in [-0.2, -0.15) is 23.4 Å². The number of hydrogen-bond donors (Lipinski definition) is 1. The van der Waals surface area contributed by atoms with Crippen LogP contribution in [0.5, 0.6) is 17.2 Å². The van der Waals surface area contributed by atoms with Crippen molar-refractivity contribution in [3.8, 4) is 23.3 Å². The van der Waals surface area contributed by atoms with Gasteiger partial charge in [0.1, 0.15) is 5.75 Å². The lowest BCUT2D eigenvalue weighted by Gasteiger charge is -2.16. The van der Waals surface area contributed by atoms with E-state index in [-0.39, 0.29) is 29.5 Å². The standard InChI is InChI=1S/C24H20F3N3O5S/c1-33-19-11-14(12-20-22(32)30-23(36-20)29-9-3-4-21(31)34-2)5-8-18(19)35-17-7-6-15(13-28)10-16(17)24(25,26)27/h5-8,10-12H,3-4,9H2,1-2H3,(H,29,30,32)/b20-12-. The molecule has 1 aliphatic rings. The van der Waals surface area contributed by atoms with Crippen molar-refractivity contribution in [3.63, 3.8) is 0 Å². The molecular weight excluding hydrogens is 499 g/mol. The summed E-state index contributed by atoms with van der Waals surface area (Å²) in [4.78, 5) is 27.6. The van der Waals surface area contributed by atoms with Gasteiger partial charge in [-0.1, -0.05) is 6.07 Å². The second kappa shape index (κ2) is 11.6. The molecular formula is C24H20F3N3O5S. The molecule has 36 heavy (non-hydrogen) atoms. The van der Waals surface area contributed by atoms with Gasteiger partial charge in [0, 0.05) is 13.0 Å². The fourth-order valence-electron chi connectivity index (χ4n) is 3.05. The minimum atomic E-state index is -4.73. The smallest absolute Gasteiger partial charge is 0.420 e. The quantitative estimate of drug-likeness (QED) is 0.298. The summed E-state index contributed by atoms with van der Waals surface area (Å²) in [6.07, 6.45) is -2.42. The Balaban J connectivity index is 1.73. The van der Waals surface area contributed by atoms with Crippen LogP contribution in [0.15, 0.2) is 46.3 Å². The van der Waals surface area contributed by atoms with E-state index in [0.29, 0.717) is 34.7 Å². The van der Waals surface area contributed by atoms with Crippen LogP contribution >= 0.6 is 11.8 Å². The molecule has 2 aromatic carbocycles. The molecule has 1 amide bonds. The number of nitriles is 1. The van der Waals surface area contributed by atoms with Crippen LogP contribution < -0.4 is 14.8 Å². The van der Waals surface area contributed by atoms with Crippen LogP contribution in [0, 0.1) is 11.3 Å². The second-order valence-corrected chi connectivity index (χ2v) is 8.30. The molecule has 0 fully saturated rings. The first kappa shape index (κ1) is 26.6. The zero-order chi connectivity index (χ0) is 26.3. The van der Waals surface area contributed by atoms with Crippen LogP contribution in [0.4, 0.5) is 13.2 Å². The van der Waals surface area contributed by atoms with Crippen molar-refractivity contribution in [1.29, 1.82) is 5.26 Å². The molecule has 2 aromatic rings. The SMILES string of the molecule is COC(=O)CCCNC1=NC(=O)/C(=C/c2ccc(Oc3ccc(C#N)cc3C(F)(F)F)c(OC)c2)S1. The van der Waals surface area contributed by atoms with Gasteiger partial charge < -0.3 is 19.5 Å². The lowest BCUT2D eigenvalue weighted by molar-refractivity contribution is -0.141. The number of thioether (sulfide) groups is 1. The minimum Gasteiger partial charge on any atom is -0.493 e. The molecule has 0 bridgehead atoms. The highest BCUT2D eigenvalue weighted by atomic mass is 32.2. The van der Waals surface area contributed by atoms with Crippen molar-refractivity contribution >= 4 is 34.9 Å². The van der Waals surface area contributed by atoms with Crippen molar-refractivity contribution in [1.82, 2.24) is 5.32 Å². The molecule has 0 saturated carbocycles. The maximum atomic E-state index is 13.5. The number of alkyl halides is 3. The van der Waals surface area contributed by atoms with Crippen molar-refractivity contribution < 1.29 is 37.0 Å². The molecule has 1 N–H and O–H groups in total. The van der Waals surface area contributed by atoms with Crippen LogP contribution in [0.3, 0.4) is 0 Å². The number of amides is 1. The Kier molecular flexibility index (Phi) is 8.60. The summed E-state index contributed by atoms with van der Waals surface area (Å²) in [5, 5.41) is 12.3. The first-order valence-electron chi connectivity index (χ1n) is 10.4. The lowest BCUT2D eigenvalue weighted by Crippen LogP contribution is -2.20. The number of rotatable bonds is 8. The van der Waals surface area contributed by atoms with E-state index in [4.69, 9.17) is 14.7 Å². The molecule has 0 saturated heterocycles. The van der Waals surface area contributed by atoms with E-state index in [1.165, 1.54) is 32.4 Å². The molecule has 0 aromatic heterocycles. The summed E-state index contributed by atoms with van der Waals surface area (Å²) in [6.45, 7) is 0.427. The van der Waals surface area contributed by atoms with Gasteiger partial charge in [0.15, 0.2) is 16.7 Å². The predicted octanol–water partition coefficient (Wildman–Crippen LogP) is 4.89. The number of amidine groups is 1. The molecule has 12 heteroatoms. The fraction of sp³-hybridized carbons (Fsp3) is 0.250. The fourth-order valence-corrected chi connectivity index (χ4v) is 3.89. The Morgan fingerprint density at radius 3 is 2.58 bits per heavy atom. The number of hydrogen-bond acceptors (Lipinski definition) is 8. The first-order valence-corrected chi connectivity index (χ1v) is 11.3. The summed E-state index contributed by atoms with van der Waals surface area (Å²) >= 11 is 1.12. The van der Waals surface area contributed by atoms with Crippen LogP contribution in [0.1, 0.15) is 29.5 Å². The highest BCUT2D eigenvalue weighted by Crippen LogP contribution is 2.41. The molecule has 188 valence electrons. The highest BCUT2D eigenvalue weighted by molar-refractivity contribution is 8.18. The van der Waals surface area contributed by atoms with Crippen molar-refractivity contribution in [2.24, 2.45) is 4.99 Å². The van der Waals surface area contributed by atoms with E-state index in [9.17, 15) is 22.8 Å². The highest BCUT2D eigenvalue weighted by Gasteiger charge is 2.35. The molecule has 8 nitrogen and oxygen atoms in total. The minimum absolute atomic E-state index is 0.0180. The van der Waals surface area contributed by atoms with E-state index in [2.05, 4.69) is 15.0 Å². The Morgan fingerprint density at radius 1 is 1.17 bits per heavy atom. The zero-order valence-electron chi connectivity index (χ0n) is 19.1. The third kappa shape index (κ3) is 6.79. The molecule has 0 radical (unpaired) electrons. The summed E-state index contributed by atoms with van der Waals surface area (Å²) in [6, 6.07) is 9.16. The molecule has 0 atom stereocenters. The van der Waals surface area contributed by atoms with E-state index in [1.807, 2.05) is 0 Å². The number of methoxy groups -OCH3 is 2. The number of carbonyl (C=O) groups excluding carboxylic acids is 2. The number of nitrogens with one attached hydrogen (secondary N) is 1. The third-order valence-electron chi connectivity index (χ3n) is 4.80. The van der Waals surface area contributed by atoms with E-state index < -0.39 is 23.4 Å². The number of aliphatic imine (C=N–C) groups is 1. The Labute approximate surface area is 208 Å². The van der Waals surface area contributed by atoms with Crippen molar-refractivity contribution in [3.05, 3.63) is 58.0 Å².